The van der Waals surface area contributed by atoms with Crippen LogP contribution in [-0.4, -0.2) is 23.4 Å². The third-order valence-electron chi connectivity index (χ3n) is 2.71. The van der Waals surface area contributed by atoms with Crippen molar-refractivity contribution < 1.29 is 14.3 Å². The first-order valence-electron chi connectivity index (χ1n) is 6.63. The van der Waals surface area contributed by atoms with E-state index in [0.29, 0.717) is 5.56 Å². The summed E-state index contributed by atoms with van der Waals surface area (Å²) in [4.78, 5) is 23.9. The predicted molar refractivity (Wildman–Crippen MR) is 84.2 cm³/mol. The van der Waals surface area contributed by atoms with Crippen LogP contribution in [0.5, 0.6) is 0 Å². The average Bonchev–Trinajstić information content (AvgIpc) is 2.55. The zero-order chi connectivity index (χ0) is 16.6. The van der Waals surface area contributed by atoms with Gasteiger partial charge in [0.25, 0.3) is 0 Å². The molecule has 6 nitrogen and oxygen atoms in total. The first-order chi connectivity index (χ1) is 10.5. The minimum absolute atomic E-state index is 0.132. The summed E-state index contributed by atoms with van der Waals surface area (Å²) >= 11 is 0. The number of carbonyl (C=O) groups excluding carboxylic acids is 2. The van der Waals surface area contributed by atoms with E-state index in [1.54, 1.807) is 50.2 Å². The molecule has 0 fully saturated rings. The Morgan fingerprint density at radius 1 is 1.36 bits per heavy atom. The number of ether oxygens (including phenoxy) is 1. The molecule has 0 saturated heterocycles. The molecule has 0 aliphatic rings. The summed E-state index contributed by atoms with van der Waals surface area (Å²) < 4.78 is 16.9. The molecule has 0 aliphatic heterocycles. The smallest absolute Gasteiger partial charge is 0.350 e. The first-order valence-corrected chi connectivity index (χ1v) is 8.38. The second kappa shape index (κ2) is 8.10. The van der Waals surface area contributed by atoms with Crippen LogP contribution < -0.4 is 0 Å². The van der Waals surface area contributed by atoms with E-state index < -0.39 is 20.7 Å². The number of nitriles is 1. The van der Waals surface area contributed by atoms with E-state index in [1.807, 2.05) is 0 Å². The summed E-state index contributed by atoms with van der Waals surface area (Å²) in [6.45, 7) is 3.43. The lowest BCUT2D eigenvalue weighted by molar-refractivity contribution is -0.138. The van der Waals surface area contributed by atoms with Crippen molar-refractivity contribution in [3.63, 3.8) is 0 Å². The minimum atomic E-state index is -2.76. The van der Waals surface area contributed by atoms with Gasteiger partial charge in [-0.05, 0) is 6.92 Å². The third kappa shape index (κ3) is 4.27. The van der Waals surface area contributed by atoms with Gasteiger partial charge in [0.15, 0.2) is 5.57 Å². The van der Waals surface area contributed by atoms with E-state index in [9.17, 15) is 9.59 Å². The Kier molecular flexibility index (Phi) is 6.47. The van der Waals surface area contributed by atoms with E-state index >= 15 is 0 Å². The molecule has 0 bridgehead atoms. The van der Waals surface area contributed by atoms with E-state index in [4.69, 9.17) is 14.8 Å². The van der Waals surface area contributed by atoms with Crippen molar-refractivity contribution in [2.45, 2.75) is 13.8 Å². The molecule has 116 valence electrons. The molecule has 1 rings (SSSR count). The zero-order valence-corrected chi connectivity index (χ0v) is 13.2. The van der Waals surface area contributed by atoms with Crippen LogP contribution in [0.4, 0.5) is 0 Å². The molecule has 0 aromatic heterocycles. The number of hydrogen-bond donors (Lipinski definition) is 1. The second-order valence-electron chi connectivity index (χ2n) is 4.13. The maximum absolute atomic E-state index is 12.4. The molecule has 1 aromatic carbocycles. The highest BCUT2D eigenvalue weighted by Crippen LogP contribution is 2.11. The van der Waals surface area contributed by atoms with Crippen LogP contribution in [0.25, 0.3) is 0 Å². The average molecular weight is 319 g/mol. The van der Waals surface area contributed by atoms with Gasteiger partial charge in [0.1, 0.15) is 6.07 Å². The quantitative estimate of drug-likeness (QED) is 0.512. The van der Waals surface area contributed by atoms with Crippen molar-refractivity contribution >= 4 is 20.7 Å². The fourth-order valence-electron chi connectivity index (χ4n) is 1.50. The molecule has 0 amide bonds. The van der Waals surface area contributed by atoms with Gasteiger partial charge in [0.2, 0.25) is 5.12 Å². The van der Waals surface area contributed by atoms with Gasteiger partial charge in [-0.15, -0.1) is 0 Å². The van der Waals surface area contributed by atoms with E-state index in [1.165, 1.54) is 0 Å². The Labute approximate surface area is 130 Å². The summed E-state index contributed by atoms with van der Waals surface area (Å²) in [5, 5.41) is 8.52. The van der Waals surface area contributed by atoms with Crippen LogP contribution in [-0.2, 0) is 19.2 Å². The highest BCUT2D eigenvalue weighted by atomic mass is 32.2. The molecular weight excluding hydrogens is 302 g/mol. The van der Waals surface area contributed by atoms with Crippen molar-refractivity contribution in [2.24, 2.45) is 4.36 Å². The van der Waals surface area contributed by atoms with Crippen molar-refractivity contribution in [3.05, 3.63) is 47.7 Å². The van der Waals surface area contributed by atoms with Crippen molar-refractivity contribution in [3.8, 4) is 6.07 Å². The van der Waals surface area contributed by atoms with E-state index in [0.717, 1.165) is 6.20 Å². The Morgan fingerprint density at radius 3 is 2.50 bits per heavy atom. The molecule has 1 aromatic rings. The van der Waals surface area contributed by atoms with Crippen LogP contribution in [0.15, 0.2) is 46.5 Å². The Balaban J connectivity index is 3.23. The summed E-state index contributed by atoms with van der Waals surface area (Å²) in [5.74, 6) is -0.613. The zero-order valence-electron chi connectivity index (χ0n) is 12.4. The van der Waals surface area contributed by atoms with Crippen molar-refractivity contribution in [1.82, 2.24) is 0 Å². The second-order valence-corrected chi connectivity index (χ2v) is 6.69. The third-order valence-corrected chi connectivity index (χ3v) is 4.86. The minimum Gasteiger partial charge on any atom is -0.462 e. The predicted octanol–water partition coefficient (Wildman–Crippen LogP) is 2.92. The molecule has 0 spiro atoms. The van der Waals surface area contributed by atoms with Gasteiger partial charge in [-0.1, -0.05) is 37.3 Å². The van der Waals surface area contributed by atoms with Crippen LogP contribution in [0.1, 0.15) is 24.2 Å². The molecule has 1 atom stereocenters. The maximum atomic E-state index is 12.4. The number of carbonyl (C=O) groups is 2. The lowest BCUT2D eigenvalue weighted by Gasteiger charge is -2.09. The van der Waals surface area contributed by atoms with Crippen LogP contribution >= 0.6 is 0 Å². The van der Waals surface area contributed by atoms with Crippen LogP contribution in [0, 0.1) is 16.1 Å². The lowest BCUT2D eigenvalue weighted by atomic mass is 10.2. The summed E-state index contributed by atoms with van der Waals surface area (Å²) in [5.41, 5.74) is 0.0708. The van der Waals surface area contributed by atoms with Gasteiger partial charge in [-0.3, -0.25) is 9.57 Å². The first kappa shape index (κ1) is 17.6. The fourth-order valence-corrected chi connectivity index (χ4v) is 2.82. The van der Waals surface area contributed by atoms with Crippen molar-refractivity contribution in [1.29, 1.82) is 10.0 Å². The summed E-state index contributed by atoms with van der Waals surface area (Å²) in [6, 6.07) is 10.1. The van der Waals surface area contributed by atoms with Crippen molar-refractivity contribution in [2.75, 3.05) is 12.4 Å². The molecule has 0 heterocycles. The lowest BCUT2D eigenvalue weighted by Crippen LogP contribution is -2.15. The normalized spacial score (nSPS) is 13.6. The van der Waals surface area contributed by atoms with Gasteiger partial charge in [-0.2, -0.15) is 5.26 Å². The fraction of sp³-hybridized carbons (Fsp3) is 0.267. The van der Waals surface area contributed by atoms with Crippen LogP contribution in [0.3, 0.4) is 0 Å². The SMILES string of the molecule is CCOC(=O)/C(C#N)=C\N=S(=N)(CC)C(=O)c1ccccc1. The van der Waals surface area contributed by atoms with Crippen LogP contribution in [0.2, 0.25) is 0 Å². The van der Waals surface area contributed by atoms with Gasteiger partial charge in [0.05, 0.1) is 12.8 Å². The summed E-state index contributed by atoms with van der Waals surface area (Å²) in [7, 11) is -2.76. The molecule has 1 N–H and O–H groups in total. The molecule has 1 unspecified atom stereocenters. The Bertz CT molecular complexity index is 739. The van der Waals surface area contributed by atoms with E-state index in [-0.39, 0.29) is 17.9 Å². The van der Waals surface area contributed by atoms with E-state index in [2.05, 4.69) is 4.36 Å². The number of esters is 1. The number of nitrogens with zero attached hydrogens (tertiary/aromatic N) is 2. The molecular formula is C15H17N3O3S. The molecule has 0 saturated carbocycles. The van der Waals surface area contributed by atoms with Gasteiger partial charge in [-0.25, -0.2) is 9.16 Å². The van der Waals surface area contributed by atoms with Gasteiger partial charge < -0.3 is 4.74 Å². The Morgan fingerprint density at radius 2 is 2.00 bits per heavy atom. The largest absolute Gasteiger partial charge is 0.462 e. The topological polar surface area (TPSA) is 103 Å². The van der Waals surface area contributed by atoms with Gasteiger partial charge in [0, 0.05) is 20.9 Å². The summed E-state index contributed by atoms with van der Waals surface area (Å²) in [6.07, 6.45) is 0.977. The highest BCUT2D eigenvalue weighted by molar-refractivity contribution is 8.09. The maximum Gasteiger partial charge on any atom is 0.350 e. The number of hydrogen-bond acceptors (Lipinski definition) is 6. The standard InChI is InChI=1S/C15H17N3O3S/c1-3-21-14(19)13(10-16)11-18-22(17,4-2)15(20)12-8-6-5-7-9-12/h5-9,11,17H,3-4H2,1-2H3/b13-11-. The Hall–Kier alpha value is -2.46. The highest BCUT2D eigenvalue weighted by Gasteiger charge is 2.16. The molecule has 7 heteroatoms. The molecule has 22 heavy (non-hydrogen) atoms. The molecule has 0 radical (unpaired) electrons. The number of benzene rings is 1. The monoisotopic (exact) mass is 319 g/mol. The molecule has 0 aliphatic carbocycles. The number of rotatable bonds is 5. The number of nitrogens with one attached hydrogen (secondary N) is 1. The van der Waals surface area contributed by atoms with Gasteiger partial charge >= 0.3 is 5.97 Å².